The lowest BCUT2D eigenvalue weighted by molar-refractivity contribution is 0.337. The predicted octanol–water partition coefficient (Wildman–Crippen LogP) is 2.43. The number of hydrogen-bond acceptors (Lipinski definition) is 7. The number of aromatic nitrogens is 2. The van der Waals surface area contributed by atoms with Crippen LogP contribution in [0.4, 0.5) is 11.8 Å². The summed E-state index contributed by atoms with van der Waals surface area (Å²) in [5.41, 5.74) is 1.70. The van der Waals surface area contributed by atoms with Crippen molar-refractivity contribution in [1.29, 1.82) is 0 Å². The predicted molar refractivity (Wildman–Crippen MR) is 114 cm³/mol. The van der Waals surface area contributed by atoms with Crippen molar-refractivity contribution in [2.45, 2.75) is 32.6 Å². The van der Waals surface area contributed by atoms with Gasteiger partial charge < -0.3 is 15.0 Å². The maximum atomic E-state index is 13.1. The Morgan fingerprint density at radius 3 is 2.41 bits per heavy atom. The number of sulfonamides is 1. The van der Waals surface area contributed by atoms with Gasteiger partial charge >= 0.3 is 0 Å². The highest BCUT2D eigenvalue weighted by Crippen LogP contribution is 2.25. The summed E-state index contributed by atoms with van der Waals surface area (Å²) in [6, 6.07) is 6.93. The van der Waals surface area contributed by atoms with Gasteiger partial charge in [-0.3, -0.25) is 0 Å². The fourth-order valence-corrected chi connectivity index (χ4v) is 4.85. The average molecular weight is 420 g/mol. The zero-order valence-corrected chi connectivity index (χ0v) is 18.3. The Kier molecular flexibility index (Phi) is 6.59. The summed E-state index contributed by atoms with van der Waals surface area (Å²) in [5.74, 6) is 2.13. The maximum absolute atomic E-state index is 13.1. The van der Waals surface area contributed by atoms with Crippen molar-refractivity contribution in [3.8, 4) is 5.75 Å². The third-order valence-electron chi connectivity index (χ3n) is 4.81. The number of ether oxygens (including phenoxy) is 1. The number of piperazine rings is 1. The Labute approximate surface area is 173 Å². The standard InChI is InChI=1S/C20H29N5O3S/c1-5-21-19-14-16(4)22-20(23-19)24-9-11-25(12-10-24)29(26,27)17-7-8-18(28-6-2)15(3)13-17/h7-8,13-14H,5-6,9-12H2,1-4H3,(H,21,22,23). The van der Waals surface area contributed by atoms with E-state index in [1.54, 1.807) is 18.2 Å². The molecule has 0 saturated carbocycles. The number of nitrogens with zero attached hydrogens (tertiary/aromatic N) is 4. The van der Waals surface area contributed by atoms with Gasteiger partial charge in [-0.25, -0.2) is 13.4 Å². The summed E-state index contributed by atoms with van der Waals surface area (Å²) in [6.07, 6.45) is 0. The van der Waals surface area contributed by atoms with E-state index >= 15 is 0 Å². The molecule has 1 aromatic carbocycles. The van der Waals surface area contributed by atoms with Crippen molar-refractivity contribution >= 4 is 21.8 Å². The van der Waals surface area contributed by atoms with Crippen molar-refractivity contribution in [3.63, 3.8) is 0 Å². The maximum Gasteiger partial charge on any atom is 0.243 e. The van der Waals surface area contributed by atoms with E-state index in [0.29, 0.717) is 49.4 Å². The second-order valence-corrected chi connectivity index (χ2v) is 8.91. The van der Waals surface area contributed by atoms with Crippen molar-refractivity contribution in [2.75, 3.05) is 49.5 Å². The molecular weight excluding hydrogens is 390 g/mol. The highest BCUT2D eigenvalue weighted by Gasteiger charge is 2.29. The van der Waals surface area contributed by atoms with E-state index in [2.05, 4.69) is 15.3 Å². The summed E-state index contributed by atoms with van der Waals surface area (Å²) >= 11 is 0. The number of aryl methyl sites for hydroxylation is 2. The Morgan fingerprint density at radius 1 is 1.07 bits per heavy atom. The molecule has 8 nitrogen and oxygen atoms in total. The fourth-order valence-electron chi connectivity index (χ4n) is 3.34. The number of anilines is 2. The van der Waals surface area contributed by atoms with Crippen LogP contribution in [0.15, 0.2) is 29.2 Å². The minimum absolute atomic E-state index is 0.299. The molecule has 0 atom stereocenters. The fraction of sp³-hybridized carbons (Fsp3) is 0.500. The van der Waals surface area contributed by atoms with Crippen molar-refractivity contribution in [2.24, 2.45) is 0 Å². The van der Waals surface area contributed by atoms with Crippen LogP contribution >= 0.6 is 0 Å². The topological polar surface area (TPSA) is 87.7 Å². The SMILES string of the molecule is CCNc1cc(C)nc(N2CCN(S(=O)(=O)c3ccc(OCC)c(C)c3)CC2)n1. The van der Waals surface area contributed by atoms with Gasteiger partial charge in [0.1, 0.15) is 11.6 Å². The second-order valence-electron chi connectivity index (χ2n) is 6.98. The van der Waals surface area contributed by atoms with Crippen LogP contribution in [0, 0.1) is 13.8 Å². The normalized spacial score (nSPS) is 15.4. The summed E-state index contributed by atoms with van der Waals surface area (Å²) in [4.78, 5) is 11.4. The molecule has 0 radical (unpaired) electrons. The zero-order valence-electron chi connectivity index (χ0n) is 17.5. The number of hydrogen-bond donors (Lipinski definition) is 1. The average Bonchev–Trinajstić information content (AvgIpc) is 2.69. The van der Waals surface area contributed by atoms with Gasteiger partial charge in [0.05, 0.1) is 11.5 Å². The molecule has 0 unspecified atom stereocenters. The molecule has 3 rings (SSSR count). The van der Waals surface area contributed by atoms with Crippen LogP contribution in [0.5, 0.6) is 5.75 Å². The number of benzene rings is 1. The number of nitrogens with one attached hydrogen (secondary N) is 1. The highest BCUT2D eigenvalue weighted by atomic mass is 32.2. The summed E-state index contributed by atoms with van der Waals surface area (Å²) < 4.78 is 33.2. The van der Waals surface area contributed by atoms with E-state index in [-0.39, 0.29) is 0 Å². The quantitative estimate of drug-likeness (QED) is 0.737. The van der Waals surface area contributed by atoms with E-state index in [1.807, 2.05) is 38.7 Å². The Bertz CT molecular complexity index is 957. The third kappa shape index (κ3) is 4.79. The smallest absolute Gasteiger partial charge is 0.243 e. The van der Waals surface area contributed by atoms with Crippen LogP contribution in [-0.4, -0.2) is 62.0 Å². The molecule has 0 spiro atoms. The summed E-state index contributed by atoms with van der Waals surface area (Å²) in [6.45, 7) is 10.9. The van der Waals surface area contributed by atoms with Crippen LogP contribution in [0.3, 0.4) is 0 Å². The Morgan fingerprint density at radius 2 is 1.79 bits per heavy atom. The summed E-state index contributed by atoms with van der Waals surface area (Å²) in [5, 5.41) is 3.21. The molecule has 0 amide bonds. The molecule has 0 aliphatic carbocycles. The Balaban J connectivity index is 1.72. The minimum atomic E-state index is -3.55. The zero-order chi connectivity index (χ0) is 21.0. The molecule has 2 heterocycles. The van der Waals surface area contributed by atoms with E-state index in [0.717, 1.165) is 23.6 Å². The van der Waals surface area contributed by atoms with Crippen LogP contribution in [0.1, 0.15) is 25.1 Å². The van der Waals surface area contributed by atoms with Crippen LogP contribution in [0.25, 0.3) is 0 Å². The first-order valence-electron chi connectivity index (χ1n) is 9.93. The molecule has 1 aliphatic rings. The number of rotatable bonds is 7. The monoisotopic (exact) mass is 419 g/mol. The van der Waals surface area contributed by atoms with Gasteiger partial charge in [-0.15, -0.1) is 0 Å². The molecular formula is C20H29N5O3S. The lowest BCUT2D eigenvalue weighted by Crippen LogP contribution is -2.49. The minimum Gasteiger partial charge on any atom is -0.494 e. The molecule has 0 bridgehead atoms. The molecule has 1 N–H and O–H groups in total. The first-order valence-corrected chi connectivity index (χ1v) is 11.4. The summed E-state index contributed by atoms with van der Waals surface area (Å²) in [7, 11) is -3.55. The lowest BCUT2D eigenvalue weighted by Gasteiger charge is -2.34. The van der Waals surface area contributed by atoms with Crippen LogP contribution in [0.2, 0.25) is 0 Å². The van der Waals surface area contributed by atoms with Crippen molar-refractivity contribution in [1.82, 2.24) is 14.3 Å². The van der Waals surface area contributed by atoms with Gasteiger partial charge in [0.2, 0.25) is 16.0 Å². The third-order valence-corrected chi connectivity index (χ3v) is 6.70. The van der Waals surface area contributed by atoms with Gasteiger partial charge in [-0.1, -0.05) is 0 Å². The molecule has 1 aliphatic heterocycles. The van der Waals surface area contributed by atoms with E-state index in [1.165, 1.54) is 4.31 Å². The molecule has 2 aromatic rings. The van der Waals surface area contributed by atoms with E-state index < -0.39 is 10.0 Å². The molecule has 1 fully saturated rings. The molecule has 9 heteroatoms. The highest BCUT2D eigenvalue weighted by molar-refractivity contribution is 7.89. The second kappa shape index (κ2) is 8.96. The van der Waals surface area contributed by atoms with Gasteiger partial charge in [0, 0.05) is 44.5 Å². The molecule has 1 aromatic heterocycles. The lowest BCUT2D eigenvalue weighted by atomic mass is 10.2. The van der Waals surface area contributed by atoms with Crippen LogP contribution in [-0.2, 0) is 10.0 Å². The van der Waals surface area contributed by atoms with Gasteiger partial charge in [0.25, 0.3) is 0 Å². The van der Waals surface area contributed by atoms with Crippen molar-refractivity contribution in [3.05, 3.63) is 35.5 Å². The van der Waals surface area contributed by atoms with E-state index in [4.69, 9.17) is 4.74 Å². The Hall–Kier alpha value is -2.39. The van der Waals surface area contributed by atoms with Crippen LogP contribution < -0.4 is 15.0 Å². The first-order chi connectivity index (χ1) is 13.8. The van der Waals surface area contributed by atoms with Gasteiger partial charge in [-0.05, 0) is 51.5 Å². The van der Waals surface area contributed by atoms with Gasteiger partial charge in [-0.2, -0.15) is 9.29 Å². The van der Waals surface area contributed by atoms with Gasteiger partial charge in [0.15, 0.2) is 0 Å². The van der Waals surface area contributed by atoms with Crippen molar-refractivity contribution < 1.29 is 13.2 Å². The molecule has 29 heavy (non-hydrogen) atoms. The molecule has 158 valence electrons. The largest absolute Gasteiger partial charge is 0.494 e. The molecule has 1 saturated heterocycles. The van der Waals surface area contributed by atoms with E-state index in [9.17, 15) is 8.42 Å². The first kappa shape index (κ1) is 21.3.